The Labute approximate surface area is 124 Å². The Bertz CT molecular complexity index is 583. The maximum absolute atomic E-state index is 13.1. The van der Waals surface area contributed by atoms with Gasteiger partial charge in [0, 0.05) is 24.0 Å². The van der Waals surface area contributed by atoms with E-state index in [1.807, 2.05) is 13.0 Å². The van der Waals surface area contributed by atoms with Gasteiger partial charge in [-0.15, -0.1) is 0 Å². The highest BCUT2D eigenvalue weighted by Crippen LogP contribution is 2.24. The number of anilines is 2. The molecule has 0 fully saturated rings. The van der Waals surface area contributed by atoms with Crippen LogP contribution in [-0.2, 0) is 6.42 Å². The predicted octanol–water partition coefficient (Wildman–Crippen LogP) is 2.97. The lowest BCUT2D eigenvalue weighted by atomic mass is 10.2. The molecule has 0 amide bonds. The van der Waals surface area contributed by atoms with Crippen LogP contribution in [0.15, 0.2) is 30.3 Å². The quantitative estimate of drug-likeness (QED) is 0.888. The Hall–Kier alpha value is -2.01. The zero-order valence-corrected chi connectivity index (χ0v) is 12.5. The molecule has 0 aliphatic heterocycles. The summed E-state index contributed by atoms with van der Waals surface area (Å²) in [5.74, 6) is 1.33. The fourth-order valence-corrected chi connectivity index (χ4v) is 2.18. The molecular weight excluding hydrogens is 267 g/mol. The minimum Gasteiger partial charge on any atom is -0.330 e. The van der Waals surface area contributed by atoms with Gasteiger partial charge < -0.3 is 10.6 Å². The molecule has 1 aromatic heterocycles. The van der Waals surface area contributed by atoms with Crippen LogP contribution in [0, 0.1) is 12.7 Å². The molecule has 0 unspecified atom stereocenters. The Morgan fingerprint density at radius 3 is 2.52 bits per heavy atom. The normalized spacial score (nSPS) is 10.7. The molecule has 21 heavy (non-hydrogen) atoms. The van der Waals surface area contributed by atoms with E-state index in [1.54, 1.807) is 12.1 Å². The van der Waals surface area contributed by atoms with Gasteiger partial charge in [-0.1, -0.05) is 6.92 Å². The standard InChI is InChI=1S/C16H21FN4/c1-3-14-11-16(20-12(2)19-14)21(10-4-9-18)15-7-5-13(17)6-8-15/h5-8,11H,3-4,9-10,18H2,1-2H3. The third-order valence-corrected chi connectivity index (χ3v) is 3.24. The average Bonchev–Trinajstić information content (AvgIpc) is 2.49. The molecular formula is C16H21FN4. The van der Waals surface area contributed by atoms with Gasteiger partial charge in [0.15, 0.2) is 0 Å². The van der Waals surface area contributed by atoms with Crippen molar-refractivity contribution >= 4 is 11.5 Å². The molecule has 112 valence electrons. The zero-order valence-electron chi connectivity index (χ0n) is 12.5. The molecule has 1 heterocycles. The molecule has 1 aromatic carbocycles. The summed E-state index contributed by atoms with van der Waals surface area (Å²) in [6.45, 7) is 5.28. The van der Waals surface area contributed by atoms with Crippen molar-refractivity contribution in [3.63, 3.8) is 0 Å². The van der Waals surface area contributed by atoms with Crippen LogP contribution in [-0.4, -0.2) is 23.1 Å². The molecule has 0 aliphatic carbocycles. The summed E-state index contributed by atoms with van der Waals surface area (Å²) in [5.41, 5.74) is 7.53. The molecule has 2 rings (SSSR count). The van der Waals surface area contributed by atoms with Crippen molar-refractivity contribution in [2.45, 2.75) is 26.7 Å². The Morgan fingerprint density at radius 1 is 1.19 bits per heavy atom. The molecule has 0 bridgehead atoms. The maximum Gasteiger partial charge on any atom is 0.136 e. The number of aromatic nitrogens is 2. The third kappa shape index (κ3) is 3.98. The summed E-state index contributed by atoms with van der Waals surface area (Å²) in [6.07, 6.45) is 1.69. The summed E-state index contributed by atoms with van der Waals surface area (Å²) in [6, 6.07) is 8.41. The smallest absolute Gasteiger partial charge is 0.136 e. The molecule has 0 aliphatic rings. The monoisotopic (exact) mass is 288 g/mol. The Morgan fingerprint density at radius 2 is 1.90 bits per heavy atom. The van der Waals surface area contributed by atoms with E-state index in [1.165, 1.54) is 12.1 Å². The summed E-state index contributed by atoms with van der Waals surface area (Å²) in [7, 11) is 0. The lowest BCUT2D eigenvalue weighted by Gasteiger charge is -2.24. The number of rotatable bonds is 6. The molecule has 0 spiro atoms. The Balaban J connectivity index is 2.39. The van der Waals surface area contributed by atoms with E-state index in [9.17, 15) is 4.39 Å². The topological polar surface area (TPSA) is 55.0 Å². The molecule has 0 atom stereocenters. The second kappa shape index (κ2) is 7.13. The average molecular weight is 288 g/mol. The molecule has 2 N–H and O–H groups in total. The first-order valence-electron chi connectivity index (χ1n) is 7.21. The van der Waals surface area contributed by atoms with Crippen LogP contribution >= 0.6 is 0 Å². The van der Waals surface area contributed by atoms with Gasteiger partial charge in [-0.2, -0.15) is 0 Å². The van der Waals surface area contributed by atoms with Crippen LogP contribution in [0.2, 0.25) is 0 Å². The summed E-state index contributed by atoms with van der Waals surface area (Å²) in [5, 5.41) is 0. The molecule has 5 heteroatoms. The van der Waals surface area contributed by atoms with Gasteiger partial charge in [0.25, 0.3) is 0 Å². The van der Waals surface area contributed by atoms with Gasteiger partial charge in [-0.25, -0.2) is 14.4 Å². The molecule has 2 aromatic rings. The zero-order chi connectivity index (χ0) is 15.2. The number of benzene rings is 1. The lowest BCUT2D eigenvalue weighted by Crippen LogP contribution is -2.22. The van der Waals surface area contributed by atoms with Gasteiger partial charge in [0.1, 0.15) is 17.5 Å². The van der Waals surface area contributed by atoms with E-state index in [0.717, 1.165) is 42.4 Å². The summed E-state index contributed by atoms with van der Waals surface area (Å²) < 4.78 is 13.1. The third-order valence-electron chi connectivity index (χ3n) is 3.24. The Kier molecular flexibility index (Phi) is 5.22. The van der Waals surface area contributed by atoms with Crippen molar-refractivity contribution in [2.75, 3.05) is 18.0 Å². The van der Waals surface area contributed by atoms with E-state index in [4.69, 9.17) is 5.73 Å². The summed E-state index contributed by atoms with van der Waals surface area (Å²) in [4.78, 5) is 11.0. The highest BCUT2D eigenvalue weighted by atomic mass is 19.1. The van der Waals surface area contributed by atoms with Crippen LogP contribution in [0.4, 0.5) is 15.9 Å². The lowest BCUT2D eigenvalue weighted by molar-refractivity contribution is 0.627. The van der Waals surface area contributed by atoms with E-state index in [2.05, 4.69) is 21.8 Å². The molecule has 0 saturated heterocycles. The van der Waals surface area contributed by atoms with Gasteiger partial charge in [-0.05, 0) is 50.6 Å². The van der Waals surface area contributed by atoms with Crippen LogP contribution < -0.4 is 10.6 Å². The molecule has 0 radical (unpaired) electrons. The van der Waals surface area contributed by atoms with E-state index in [0.29, 0.717) is 6.54 Å². The summed E-state index contributed by atoms with van der Waals surface area (Å²) >= 11 is 0. The van der Waals surface area contributed by atoms with Gasteiger partial charge in [0.2, 0.25) is 0 Å². The molecule has 0 saturated carbocycles. The number of nitrogens with zero attached hydrogens (tertiary/aromatic N) is 3. The van der Waals surface area contributed by atoms with Gasteiger partial charge in [0.05, 0.1) is 0 Å². The van der Waals surface area contributed by atoms with Crippen molar-refractivity contribution < 1.29 is 4.39 Å². The fraction of sp³-hybridized carbons (Fsp3) is 0.375. The van der Waals surface area contributed by atoms with Crippen molar-refractivity contribution in [3.05, 3.63) is 47.7 Å². The minimum absolute atomic E-state index is 0.245. The second-order valence-corrected chi connectivity index (χ2v) is 4.89. The fourth-order valence-electron chi connectivity index (χ4n) is 2.18. The first kappa shape index (κ1) is 15.4. The van der Waals surface area contributed by atoms with E-state index < -0.39 is 0 Å². The van der Waals surface area contributed by atoms with E-state index in [-0.39, 0.29) is 5.82 Å². The van der Waals surface area contributed by atoms with Crippen molar-refractivity contribution in [1.82, 2.24) is 9.97 Å². The van der Waals surface area contributed by atoms with Crippen LogP contribution in [0.5, 0.6) is 0 Å². The van der Waals surface area contributed by atoms with Crippen molar-refractivity contribution in [2.24, 2.45) is 5.73 Å². The highest BCUT2D eigenvalue weighted by Gasteiger charge is 2.12. The minimum atomic E-state index is -0.245. The van der Waals surface area contributed by atoms with Gasteiger partial charge >= 0.3 is 0 Å². The van der Waals surface area contributed by atoms with Crippen LogP contribution in [0.3, 0.4) is 0 Å². The van der Waals surface area contributed by atoms with E-state index >= 15 is 0 Å². The highest BCUT2D eigenvalue weighted by molar-refractivity contribution is 5.60. The first-order chi connectivity index (χ1) is 10.1. The van der Waals surface area contributed by atoms with Crippen molar-refractivity contribution in [3.8, 4) is 0 Å². The van der Waals surface area contributed by atoms with Gasteiger partial charge in [-0.3, -0.25) is 0 Å². The number of nitrogens with two attached hydrogens (primary N) is 1. The van der Waals surface area contributed by atoms with Crippen molar-refractivity contribution in [1.29, 1.82) is 0 Å². The SMILES string of the molecule is CCc1cc(N(CCCN)c2ccc(F)cc2)nc(C)n1. The first-order valence-corrected chi connectivity index (χ1v) is 7.21. The number of hydrogen-bond donors (Lipinski definition) is 1. The van der Waals surface area contributed by atoms with Crippen LogP contribution in [0.25, 0.3) is 0 Å². The number of halogens is 1. The second-order valence-electron chi connectivity index (χ2n) is 4.89. The number of aryl methyl sites for hydroxylation is 2. The molecule has 4 nitrogen and oxygen atoms in total. The van der Waals surface area contributed by atoms with Crippen LogP contribution in [0.1, 0.15) is 24.9 Å². The maximum atomic E-state index is 13.1. The number of hydrogen-bond acceptors (Lipinski definition) is 4. The predicted molar refractivity (Wildman–Crippen MR) is 83.2 cm³/mol. The largest absolute Gasteiger partial charge is 0.330 e.